The Kier molecular flexibility index (Phi) is 7.97. The zero-order valence-electron chi connectivity index (χ0n) is 19.6. The minimum absolute atomic E-state index is 0.0412. The topological polar surface area (TPSA) is 84.9 Å². The van der Waals surface area contributed by atoms with Crippen molar-refractivity contribution < 1.29 is 22.7 Å². The van der Waals surface area contributed by atoms with Crippen molar-refractivity contribution in [3.63, 3.8) is 0 Å². The van der Waals surface area contributed by atoms with Crippen LogP contribution in [0, 0.1) is 0 Å². The van der Waals surface area contributed by atoms with Gasteiger partial charge in [-0.2, -0.15) is 0 Å². The Bertz CT molecular complexity index is 1460. The maximum Gasteiger partial charge on any atom is 0.264 e. The van der Waals surface area contributed by atoms with Crippen molar-refractivity contribution in [2.24, 2.45) is 0 Å². The number of methoxy groups -OCH3 is 1. The highest BCUT2D eigenvalue weighted by Crippen LogP contribution is 2.34. The molecule has 0 bridgehead atoms. The van der Waals surface area contributed by atoms with Crippen LogP contribution in [0.3, 0.4) is 0 Å². The van der Waals surface area contributed by atoms with Gasteiger partial charge in [-0.25, -0.2) is 8.42 Å². The molecular formula is C27H25ClN2O5S. The molecule has 0 aliphatic heterocycles. The lowest BCUT2D eigenvalue weighted by atomic mass is 10.1. The fraction of sp³-hybridized carbons (Fsp3) is 0.148. The smallest absolute Gasteiger partial charge is 0.264 e. The number of ether oxygens (including phenoxy) is 2. The van der Waals surface area contributed by atoms with E-state index in [9.17, 15) is 13.2 Å². The highest BCUT2D eigenvalue weighted by atomic mass is 35.5. The number of halogens is 1. The molecule has 1 amide bonds. The number of nitrogens with zero attached hydrogens (tertiary/aromatic N) is 1. The molecular weight excluding hydrogens is 500 g/mol. The minimum Gasteiger partial charge on any atom is -0.495 e. The number of benzene rings is 4. The number of amides is 1. The highest BCUT2D eigenvalue weighted by molar-refractivity contribution is 7.92. The van der Waals surface area contributed by atoms with E-state index in [0.29, 0.717) is 10.8 Å². The van der Waals surface area contributed by atoms with Crippen molar-refractivity contribution in [1.82, 2.24) is 5.32 Å². The lowest BCUT2D eigenvalue weighted by molar-refractivity contribution is -0.119. The van der Waals surface area contributed by atoms with E-state index in [-0.39, 0.29) is 29.5 Å². The Labute approximate surface area is 215 Å². The predicted molar refractivity (Wildman–Crippen MR) is 141 cm³/mol. The van der Waals surface area contributed by atoms with Crippen LogP contribution in [0.4, 0.5) is 5.69 Å². The molecule has 0 aromatic heterocycles. The number of hydrogen-bond acceptors (Lipinski definition) is 5. The second kappa shape index (κ2) is 11.3. The number of hydrogen-bond donors (Lipinski definition) is 1. The lowest BCUT2D eigenvalue weighted by Gasteiger charge is -2.25. The molecule has 1 N–H and O–H groups in total. The summed E-state index contributed by atoms with van der Waals surface area (Å²) in [6, 6.07) is 26.2. The first kappa shape index (κ1) is 25.3. The van der Waals surface area contributed by atoms with Crippen molar-refractivity contribution >= 4 is 44.0 Å². The quantitative estimate of drug-likeness (QED) is 0.298. The first-order valence-electron chi connectivity index (χ1n) is 11.2. The molecule has 0 fully saturated rings. The molecule has 4 rings (SSSR count). The first-order chi connectivity index (χ1) is 17.4. The number of sulfonamides is 1. The van der Waals surface area contributed by atoms with E-state index in [1.165, 1.54) is 25.3 Å². The summed E-state index contributed by atoms with van der Waals surface area (Å²) in [5.41, 5.74) is 0.163. The second-order valence-electron chi connectivity index (χ2n) is 7.85. The number of carbonyl (C=O) groups is 1. The zero-order valence-corrected chi connectivity index (χ0v) is 21.1. The molecule has 0 saturated carbocycles. The summed E-state index contributed by atoms with van der Waals surface area (Å²) < 4.78 is 39.1. The highest BCUT2D eigenvalue weighted by Gasteiger charge is 2.29. The van der Waals surface area contributed by atoms with E-state index >= 15 is 0 Å². The van der Waals surface area contributed by atoms with E-state index in [1.807, 2.05) is 42.5 Å². The van der Waals surface area contributed by atoms with Crippen LogP contribution in [0.5, 0.6) is 11.5 Å². The molecule has 0 atom stereocenters. The zero-order chi connectivity index (χ0) is 25.5. The van der Waals surface area contributed by atoms with Crippen molar-refractivity contribution in [3.8, 4) is 11.5 Å². The third-order valence-corrected chi connectivity index (χ3v) is 7.45. The van der Waals surface area contributed by atoms with Gasteiger partial charge in [0.05, 0.1) is 24.2 Å². The van der Waals surface area contributed by atoms with Crippen LogP contribution in [0.15, 0.2) is 95.9 Å². The standard InChI is InChI=1S/C27H25ClN2O5S/c1-34-26-14-12-22(28)18-25(26)30(36(32,33)24-9-3-2-4-10-24)19-27(31)29-15-16-35-23-13-11-20-7-5-6-8-21(20)17-23/h2-14,17-18H,15-16,19H2,1H3,(H,29,31). The predicted octanol–water partition coefficient (Wildman–Crippen LogP) is 4.89. The average Bonchev–Trinajstić information content (AvgIpc) is 2.90. The van der Waals surface area contributed by atoms with Gasteiger partial charge in [-0.1, -0.05) is 60.1 Å². The van der Waals surface area contributed by atoms with Gasteiger partial charge in [-0.3, -0.25) is 9.10 Å². The molecule has 7 nitrogen and oxygen atoms in total. The molecule has 0 heterocycles. The molecule has 4 aromatic carbocycles. The Hall–Kier alpha value is -3.75. The lowest BCUT2D eigenvalue weighted by Crippen LogP contribution is -2.42. The fourth-order valence-electron chi connectivity index (χ4n) is 3.68. The summed E-state index contributed by atoms with van der Waals surface area (Å²) in [5.74, 6) is 0.449. The van der Waals surface area contributed by atoms with Crippen LogP contribution in [0.1, 0.15) is 0 Å². The minimum atomic E-state index is -4.09. The average molecular weight is 525 g/mol. The summed E-state index contributed by atoms with van der Waals surface area (Å²) in [5, 5.41) is 5.19. The van der Waals surface area contributed by atoms with Gasteiger partial charge in [0, 0.05) is 5.02 Å². The van der Waals surface area contributed by atoms with Crippen molar-refractivity contribution in [2.75, 3.05) is 31.1 Å². The SMILES string of the molecule is COc1ccc(Cl)cc1N(CC(=O)NCCOc1ccc2ccccc2c1)S(=O)(=O)c1ccccc1. The maximum absolute atomic E-state index is 13.5. The van der Waals surface area contributed by atoms with Gasteiger partial charge in [0.2, 0.25) is 5.91 Å². The summed E-state index contributed by atoms with van der Waals surface area (Å²) in [6.07, 6.45) is 0. The monoisotopic (exact) mass is 524 g/mol. The molecule has 0 saturated heterocycles. The third-order valence-electron chi connectivity index (χ3n) is 5.44. The van der Waals surface area contributed by atoms with Crippen LogP contribution >= 0.6 is 11.6 Å². The van der Waals surface area contributed by atoms with Crippen LogP contribution < -0.4 is 19.1 Å². The van der Waals surface area contributed by atoms with E-state index in [4.69, 9.17) is 21.1 Å². The molecule has 0 aliphatic carbocycles. The molecule has 9 heteroatoms. The van der Waals surface area contributed by atoms with Crippen molar-refractivity contribution in [3.05, 3.63) is 96.0 Å². The Balaban J connectivity index is 1.47. The normalized spacial score (nSPS) is 11.2. The number of nitrogens with one attached hydrogen (secondary N) is 1. The number of carbonyl (C=O) groups excluding carboxylic acids is 1. The molecule has 0 unspecified atom stereocenters. The van der Waals surface area contributed by atoms with Gasteiger partial charge in [0.25, 0.3) is 10.0 Å². The van der Waals surface area contributed by atoms with Crippen LogP contribution in [-0.2, 0) is 14.8 Å². The largest absolute Gasteiger partial charge is 0.495 e. The van der Waals surface area contributed by atoms with Gasteiger partial charge < -0.3 is 14.8 Å². The van der Waals surface area contributed by atoms with Crippen molar-refractivity contribution in [2.45, 2.75) is 4.90 Å². The Morgan fingerprint density at radius 3 is 2.39 bits per heavy atom. The summed E-state index contributed by atoms with van der Waals surface area (Å²) in [6.45, 7) is -0.0581. The van der Waals surface area contributed by atoms with Gasteiger partial charge in [0.15, 0.2) is 0 Å². The Morgan fingerprint density at radius 2 is 1.64 bits per heavy atom. The Morgan fingerprint density at radius 1 is 0.917 bits per heavy atom. The third kappa shape index (κ3) is 5.90. The summed E-state index contributed by atoms with van der Waals surface area (Å²) >= 11 is 6.15. The second-order valence-corrected chi connectivity index (χ2v) is 10.1. The van der Waals surface area contributed by atoms with Gasteiger partial charge in [-0.15, -0.1) is 0 Å². The summed E-state index contributed by atoms with van der Waals surface area (Å²) in [7, 11) is -2.67. The fourth-order valence-corrected chi connectivity index (χ4v) is 5.29. The van der Waals surface area contributed by atoms with Crippen LogP contribution in [-0.4, -0.2) is 41.1 Å². The van der Waals surface area contributed by atoms with E-state index in [2.05, 4.69) is 5.32 Å². The molecule has 0 spiro atoms. The number of fused-ring (bicyclic) bond motifs is 1. The number of rotatable bonds is 10. The first-order valence-corrected chi connectivity index (χ1v) is 13.0. The van der Waals surface area contributed by atoms with Gasteiger partial charge >= 0.3 is 0 Å². The molecule has 4 aromatic rings. The molecule has 0 aliphatic rings. The van der Waals surface area contributed by atoms with E-state index in [0.717, 1.165) is 15.1 Å². The maximum atomic E-state index is 13.5. The van der Waals surface area contributed by atoms with Gasteiger partial charge in [-0.05, 0) is 53.2 Å². The van der Waals surface area contributed by atoms with Crippen LogP contribution in [0.25, 0.3) is 10.8 Å². The summed E-state index contributed by atoms with van der Waals surface area (Å²) in [4.78, 5) is 12.9. The van der Waals surface area contributed by atoms with Crippen LogP contribution in [0.2, 0.25) is 5.02 Å². The molecule has 0 radical (unpaired) electrons. The number of anilines is 1. The van der Waals surface area contributed by atoms with Crippen molar-refractivity contribution in [1.29, 1.82) is 0 Å². The molecule has 186 valence electrons. The van der Waals surface area contributed by atoms with E-state index in [1.54, 1.807) is 30.3 Å². The molecule has 36 heavy (non-hydrogen) atoms. The van der Waals surface area contributed by atoms with Gasteiger partial charge in [0.1, 0.15) is 24.7 Å². The van der Waals surface area contributed by atoms with E-state index < -0.39 is 22.5 Å².